The summed E-state index contributed by atoms with van der Waals surface area (Å²) >= 11 is 0. The molecule has 21 heavy (non-hydrogen) atoms. The van der Waals surface area contributed by atoms with Gasteiger partial charge in [0, 0.05) is 12.1 Å². The molecule has 0 unspecified atom stereocenters. The highest BCUT2D eigenvalue weighted by molar-refractivity contribution is 7.85. The van der Waals surface area contributed by atoms with Crippen LogP contribution in [0.1, 0.15) is 16.7 Å². The van der Waals surface area contributed by atoms with E-state index in [9.17, 15) is 8.42 Å². The van der Waals surface area contributed by atoms with Crippen LogP contribution < -0.4 is 13.6 Å². The SMILES string of the molecule is Cc1cc(OCc2ccccc2)cc2c1OS(=O)(=O)NC2. The summed E-state index contributed by atoms with van der Waals surface area (Å²) in [5.41, 5.74) is 2.58. The first-order valence-electron chi connectivity index (χ1n) is 6.53. The molecule has 6 heteroatoms. The molecule has 3 rings (SSSR count). The number of nitrogens with one attached hydrogen (secondary N) is 1. The van der Waals surface area contributed by atoms with E-state index in [1.54, 1.807) is 19.1 Å². The van der Waals surface area contributed by atoms with Gasteiger partial charge in [-0.15, -0.1) is 0 Å². The van der Waals surface area contributed by atoms with Gasteiger partial charge in [0.05, 0.1) is 0 Å². The lowest BCUT2D eigenvalue weighted by Gasteiger charge is -2.20. The average molecular weight is 305 g/mol. The number of hydrogen-bond acceptors (Lipinski definition) is 4. The monoisotopic (exact) mass is 305 g/mol. The lowest BCUT2D eigenvalue weighted by Crippen LogP contribution is -2.32. The smallest absolute Gasteiger partial charge is 0.382 e. The van der Waals surface area contributed by atoms with Crippen LogP contribution in [0, 0.1) is 6.92 Å². The largest absolute Gasteiger partial charge is 0.489 e. The van der Waals surface area contributed by atoms with Crippen LogP contribution in [0.25, 0.3) is 0 Å². The normalized spacial score (nSPS) is 15.9. The summed E-state index contributed by atoms with van der Waals surface area (Å²) in [5.74, 6) is 1.08. The molecule has 1 heterocycles. The third-order valence-electron chi connectivity index (χ3n) is 3.21. The Morgan fingerprint density at radius 3 is 2.76 bits per heavy atom. The van der Waals surface area contributed by atoms with Gasteiger partial charge < -0.3 is 8.92 Å². The lowest BCUT2D eigenvalue weighted by molar-refractivity contribution is 0.305. The molecule has 0 fully saturated rings. The van der Waals surface area contributed by atoms with Crippen LogP contribution in [-0.2, 0) is 23.5 Å². The number of hydrogen-bond donors (Lipinski definition) is 1. The Labute approximate surface area is 123 Å². The first kappa shape index (κ1) is 13.9. The Kier molecular flexibility index (Phi) is 3.57. The molecule has 5 nitrogen and oxygen atoms in total. The summed E-state index contributed by atoms with van der Waals surface area (Å²) in [6.45, 7) is 2.47. The van der Waals surface area contributed by atoms with Gasteiger partial charge in [-0.2, -0.15) is 13.1 Å². The first-order valence-corrected chi connectivity index (χ1v) is 7.94. The molecule has 0 aliphatic carbocycles. The van der Waals surface area contributed by atoms with Crippen molar-refractivity contribution < 1.29 is 17.3 Å². The van der Waals surface area contributed by atoms with Gasteiger partial charge in [0.1, 0.15) is 12.4 Å². The Morgan fingerprint density at radius 2 is 2.00 bits per heavy atom. The highest BCUT2D eigenvalue weighted by Crippen LogP contribution is 2.32. The minimum Gasteiger partial charge on any atom is -0.489 e. The van der Waals surface area contributed by atoms with Crippen LogP contribution in [0.4, 0.5) is 0 Å². The maximum atomic E-state index is 11.4. The van der Waals surface area contributed by atoms with E-state index in [-0.39, 0.29) is 6.54 Å². The van der Waals surface area contributed by atoms with Crippen LogP contribution in [0.15, 0.2) is 42.5 Å². The highest BCUT2D eigenvalue weighted by atomic mass is 32.2. The molecule has 1 N–H and O–H groups in total. The van der Waals surface area contributed by atoms with E-state index in [2.05, 4.69) is 4.72 Å². The molecule has 0 amide bonds. The van der Waals surface area contributed by atoms with Gasteiger partial charge in [-0.05, 0) is 30.2 Å². The van der Waals surface area contributed by atoms with Crippen molar-refractivity contribution >= 4 is 10.3 Å². The van der Waals surface area contributed by atoms with Crippen molar-refractivity contribution in [2.75, 3.05) is 0 Å². The number of fused-ring (bicyclic) bond motifs is 1. The second-order valence-electron chi connectivity index (χ2n) is 4.86. The molecule has 2 aromatic carbocycles. The zero-order chi connectivity index (χ0) is 14.9. The average Bonchev–Trinajstić information content (AvgIpc) is 2.47. The summed E-state index contributed by atoms with van der Waals surface area (Å²) < 4.78 is 35.9. The summed E-state index contributed by atoms with van der Waals surface area (Å²) in [6.07, 6.45) is 0. The van der Waals surface area contributed by atoms with Crippen molar-refractivity contribution in [2.24, 2.45) is 0 Å². The van der Waals surface area contributed by atoms with Crippen molar-refractivity contribution in [1.82, 2.24) is 4.72 Å². The Bertz CT molecular complexity index is 757. The van der Waals surface area contributed by atoms with Gasteiger partial charge in [0.25, 0.3) is 0 Å². The van der Waals surface area contributed by atoms with E-state index in [1.807, 2.05) is 30.3 Å². The van der Waals surface area contributed by atoms with Gasteiger partial charge in [0.2, 0.25) is 0 Å². The number of ether oxygens (including phenoxy) is 1. The summed E-state index contributed by atoms with van der Waals surface area (Å²) in [5, 5.41) is 0. The van der Waals surface area contributed by atoms with Crippen molar-refractivity contribution in [3.8, 4) is 11.5 Å². The predicted octanol–water partition coefficient (Wildman–Crippen LogP) is 2.30. The summed E-state index contributed by atoms with van der Waals surface area (Å²) in [7, 11) is -3.68. The zero-order valence-corrected chi connectivity index (χ0v) is 12.3. The molecule has 0 bridgehead atoms. The Hall–Kier alpha value is -2.05. The van der Waals surface area contributed by atoms with Gasteiger partial charge >= 0.3 is 10.3 Å². The molecule has 0 atom stereocenters. The quantitative estimate of drug-likeness (QED) is 0.945. The third kappa shape index (κ3) is 3.17. The number of benzene rings is 2. The molecule has 0 radical (unpaired) electrons. The molecular formula is C15H15NO4S. The number of aryl methyl sites for hydroxylation is 1. The van der Waals surface area contributed by atoms with Crippen molar-refractivity contribution in [1.29, 1.82) is 0 Å². The molecule has 0 aromatic heterocycles. The van der Waals surface area contributed by atoms with Crippen LogP contribution in [0.3, 0.4) is 0 Å². The van der Waals surface area contributed by atoms with E-state index in [0.29, 0.717) is 18.1 Å². The van der Waals surface area contributed by atoms with E-state index in [1.165, 1.54) is 0 Å². The molecule has 110 valence electrons. The Balaban J connectivity index is 1.81. The predicted molar refractivity (Wildman–Crippen MR) is 78.3 cm³/mol. The van der Waals surface area contributed by atoms with Gasteiger partial charge in [-0.3, -0.25) is 0 Å². The van der Waals surface area contributed by atoms with Gasteiger partial charge in [-0.1, -0.05) is 30.3 Å². The van der Waals surface area contributed by atoms with Crippen molar-refractivity contribution in [3.63, 3.8) is 0 Å². The fourth-order valence-electron chi connectivity index (χ4n) is 2.19. The first-order chi connectivity index (χ1) is 10.0. The van der Waals surface area contributed by atoms with E-state index in [0.717, 1.165) is 16.7 Å². The maximum absolute atomic E-state index is 11.4. The van der Waals surface area contributed by atoms with Crippen LogP contribution in [0.5, 0.6) is 11.5 Å². The van der Waals surface area contributed by atoms with E-state index < -0.39 is 10.3 Å². The molecule has 1 aliphatic heterocycles. The molecule has 0 spiro atoms. The molecule has 1 aliphatic rings. The fourth-order valence-corrected chi connectivity index (χ4v) is 3.04. The van der Waals surface area contributed by atoms with Crippen molar-refractivity contribution in [3.05, 3.63) is 59.2 Å². The number of rotatable bonds is 3. The minimum atomic E-state index is -3.68. The van der Waals surface area contributed by atoms with Crippen LogP contribution >= 0.6 is 0 Å². The topological polar surface area (TPSA) is 64.6 Å². The highest BCUT2D eigenvalue weighted by Gasteiger charge is 2.24. The molecule has 0 saturated carbocycles. The van der Waals surface area contributed by atoms with Gasteiger partial charge in [-0.25, -0.2) is 0 Å². The van der Waals surface area contributed by atoms with Crippen LogP contribution in [-0.4, -0.2) is 8.42 Å². The van der Waals surface area contributed by atoms with Gasteiger partial charge in [0.15, 0.2) is 5.75 Å². The molecule has 2 aromatic rings. The van der Waals surface area contributed by atoms with Crippen molar-refractivity contribution in [2.45, 2.75) is 20.1 Å². The minimum absolute atomic E-state index is 0.209. The second-order valence-corrected chi connectivity index (χ2v) is 6.22. The summed E-state index contributed by atoms with van der Waals surface area (Å²) in [6, 6.07) is 13.4. The lowest BCUT2D eigenvalue weighted by atomic mass is 10.1. The summed E-state index contributed by atoms with van der Waals surface area (Å²) in [4.78, 5) is 0. The standard InChI is InChI=1S/C15H15NO4S/c1-11-7-14(19-10-12-5-3-2-4-6-12)8-13-9-16-21(17,18)20-15(11)13/h2-8,16H,9-10H2,1H3. The fraction of sp³-hybridized carbons (Fsp3) is 0.200. The molecular weight excluding hydrogens is 290 g/mol. The Morgan fingerprint density at radius 1 is 1.24 bits per heavy atom. The van der Waals surface area contributed by atoms with Crippen LogP contribution in [0.2, 0.25) is 0 Å². The van der Waals surface area contributed by atoms with E-state index in [4.69, 9.17) is 8.92 Å². The molecule has 0 saturated heterocycles. The second kappa shape index (κ2) is 5.38. The maximum Gasteiger partial charge on any atom is 0.382 e. The third-order valence-corrected chi connectivity index (χ3v) is 4.09. The van der Waals surface area contributed by atoms with E-state index >= 15 is 0 Å². The zero-order valence-electron chi connectivity index (χ0n) is 11.5.